The number of rotatable bonds is 5. The number of hydrogen-bond acceptors (Lipinski definition) is 4. The fraction of sp³-hybridized carbons (Fsp3) is 0.667. The molecule has 0 aliphatic carbocycles. The Morgan fingerprint density at radius 2 is 2.29 bits per heavy atom. The zero-order chi connectivity index (χ0) is 17.7. The molecule has 2 N–H and O–H groups in total. The van der Waals surface area contributed by atoms with Crippen LogP contribution in [-0.4, -0.2) is 29.3 Å². The summed E-state index contributed by atoms with van der Waals surface area (Å²) < 4.78 is 18.8. The van der Waals surface area contributed by atoms with Crippen molar-refractivity contribution in [2.24, 2.45) is 0 Å². The van der Waals surface area contributed by atoms with Gasteiger partial charge in [-0.2, -0.15) is 0 Å². The Morgan fingerprint density at radius 3 is 2.92 bits per heavy atom. The minimum Gasteiger partial charge on any atom is -0.444 e. The van der Waals surface area contributed by atoms with E-state index < -0.39 is 11.7 Å². The van der Waals surface area contributed by atoms with Gasteiger partial charge in [0.25, 0.3) is 0 Å². The second kappa shape index (κ2) is 7.92. The summed E-state index contributed by atoms with van der Waals surface area (Å²) in [4.78, 5) is 16.1. The van der Waals surface area contributed by atoms with E-state index in [9.17, 15) is 9.18 Å². The highest BCUT2D eigenvalue weighted by atomic mass is 19.1. The van der Waals surface area contributed by atoms with Gasteiger partial charge in [-0.25, -0.2) is 9.18 Å². The van der Waals surface area contributed by atoms with Crippen LogP contribution in [0.15, 0.2) is 12.3 Å². The van der Waals surface area contributed by atoms with Crippen LogP contribution in [0.1, 0.15) is 64.3 Å². The van der Waals surface area contributed by atoms with Crippen molar-refractivity contribution in [1.82, 2.24) is 15.6 Å². The first kappa shape index (κ1) is 18.6. The average Bonchev–Trinajstić information content (AvgIpc) is 2.97. The summed E-state index contributed by atoms with van der Waals surface area (Å²) in [5, 5.41) is 6.22. The number of carbonyl (C=O) groups excluding carboxylic acids is 1. The van der Waals surface area contributed by atoms with Crippen molar-refractivity contribution in [3.05, 3.63) is 29.3 Å². The first-order valence-corrected chi connectivity index (χ1v) is 8.62. The van der Waals surface area contributed by atoms with Crippen LogP contribution in [0.3, 0.4) is 0 Å². The topological polar surface area (TPSA) is 63.2 Å². The number of aromatic nitrogens is 1. The van der Waals surface area contributed by atoms with Gasteiger partial charge in [0, 0.05) is 17.8 Å². The lowest BCUT2D eigenvalue weighted by Crippen LogP contribution is -2.37. The molecule has 5 nitrogen and oxygen atoms in total. The second-order valence-corrected chi connectivity index (χ2v) is 7.42. The molecule has 134 valence electrons. The van der Waals surface area contributed by atoms with E-state index in [0.717, 1.165) is 37.1 Å². The van der Waals surface area contributed by atoms with Gasteiger partial charge in [-0.05, 0) is 71.6 Å². The van der Waals surface area contributed by atoms with Crippen molar-refractivity contribution >= 4 is 6.09 Å². The van der Waals surface area contributed by atoms with Crippen LogP contribution < -0.4 is 10.6 Å². The number of alkyl carbamates (subject to hydrolysis) is 1. The highest BCUT2D eigenvalue weighted by Gasteiger charge is 2.22. The van der Waals surface area contributed by atoms with Crippen molar-refractivity contribution in [2.75, 3.05) is 6.54 Å². The summed E-state index contributed by atoms with van der Waals surface area (Å²) >= 11 is 0. The zero-order valence-electron chi connectivity index (χ0n) is 15.0. The summed E-state index contributed by atoms with van der Waals surface area (Å²) in [5.74, 6) is -0.303. The molecule has 0 aromatic carbocycles. The molecule has 1 amide bonds. The van der Waals surface area contributed by atoms with E-state index in [4.69, 9.17) is 4.74 Å². The Morgan fingerprint density at radius 1 is 1.54 bits per heavy atom. The standard InChI is InChI=1S/C18H28FN3O2/c1-12(22-17(23)24-18(2,3)4)7-8-16-14(10-13(19)11-21-16)15-6-5-9-20-15/h10-12,15,20H,5-9H2,1-4H3,(H,22,23)/t12-,15-/m1/s1. The average molecular weight is 337 g/mol. The van der Waals surface area contributed by atoms with E-state index in [-0.39, 0.29) is 17.9 Å². The fourth-order valence-electron chi connectivity index (χ4n) is 2.88. The minimum atomic E-state index is -0.510. The molecule has 1 fully saturated rings. The molecule has 24 heavy (non-hydrogen) atoms. The summed E-state index contributed by atoms with van der Waals surface area (Å²) in [5.41, 5.74) is 1.33. The van der Waals surface area contributed by atoms with E-state index in [1.165, 1.54) is 6.20 Å². The fourth-order valence-corrected chi connectivity index (χ4v) is 2.88. The van der Waals surface area contributed by atoms with Crippen molar-refractivity contribution in [2.45, 2.75) is 71.1 Å². The van der Waals surface area contributed by atoms with Crippen molar-refractivity contribution in [3.63, 3.8) is 0 Å². The van der Waals surface area contributed by atoms with Crippen LogP contribution >= 0.6 is 0 Å². The molecule has 2 rings (SSSR count). The van der Waals surface area contributed by atoms with Gasteiger partial charge >= 0.3 is 6.09 Å². The Balaban J connectivity index is 1.92. The minimum absolute atomic E-state index is 0.0453. The maximum absolute atomic E-state index is 13.6. The highest BCUT2D eigenvalue weighted by molar-refractivity contribution is 5.68. The van der Waals surface area contributed by atoms with E-state index >= 15 is 0 Å². The van der Waals surface area contributed by atoms with Gasteiger partial charge in [-0.1, -0.05) is 0 Å². The molecule has 0 saturated carbocycles. The predicted octanol–water partition coefficient (Wildman–Crippen LogP) is 3.49. The van der Waals surface area contributed by atoms with Crippen LogP contribution in [-0.2, 0) is 11.2 Å². The van der Waals surface area contributed by atoms with Crippen LogP contribution in [0.4, 0.5) is 9.18 Å². The third-order valence-electron chi connectivity index (χ3n) is 3.98. The largest absolute Gasteiger partial charge is 0.444 e. The number of pyridine rings is 1. The van der Waals surface area contributed by atoms with Crippen LogP contribution in [0.5, 0.6) is 0 Å². The molecule has 0 spiro atoms. The van der Waals surface area contributed by atoms with Crippen molar-refractivity contribution in [1.29, 1.82) is 0 Å². The maximum atomic E-state index is 13.6. The Kier molecular flexibility index (Phi) is 6.15. The van der Waals surface area contributed by atoms with Crippen LogP contribution in [0.2, 0.25) is 0 Å². The summed E-state index contributed by atoms with van der Waals surface area (Å²) in [6, 6.07) is 1.71. The maximum Gasteiger partial charge on any atom is 0.407 e. The number of aryl methyl sites for hydroxylation is 1. The van der Waals surface area contributed by atoms with Gasteiger partial charge in [0.1, 0.15) is 11.4 Å². The summed E-state index contributed by atoms with van der Waals surface area (Å²) in [7, 11) is 0. The molecule has 1 aromatic rings. The zero-order valence-corrected chi connectivity index (χ0v) is 15.0. The molecular formula is C18H28FN3O2. The molecule has 2 heterocycles. The van der Waals surface area contributed by atoms with Gasteiger partial charge < -0.3 is 15.4 Å². The SMILES string of the molecule is C[C@H](CCc1ncc(F)cc1[C@H]1CCCN1)NC(=O)OC(C)(C)C. The number of nitrogens with zero attached hydrogens (tertiary/aromatic N) is 1. The summed E-state index contributed by atoms with van der Waals surface area (Å²) in [6.07, 6.45) is 4.35. The lowest BCUT2D eigenvalue weighted by molar-refractivity contribution is 0.0506. The van der Waals surface area contributed by atoms with Gasteiger partial charge in [0.15, 0.2) is 0 Å². The third-order valence-corrected chi connectivity index (χ3v) is 3.98. The molecule has 1 aliphatic rings. The lowest BCUT2D eigenvalue weighted by Gasteiger charge is -2.22. The summed E-state index contributed by atoms with van der Waals surface area (Å²) in [6.45, 7) is 8.39. The molecule has 1 saturated heterocycles. The first-order valence-electron chi connectivity index (χ1n) is 8.62. The molecule has 1 aliphatic heterocycles. The second-order valence-electron chi connectivity index (χ2n) is 7.42. The Hall–Kier alpha value is -1.69. The van der Waals surface area contributed by atoms with E-state index in [2.05, 4.69) is 15.6 Å². The number of carbonyl (C=O) groups is 1. The lowest BCUT2D eigenvalue weighted by atomic mass is 9.99. The van der Waals surface area contributed by atoms with E-state index in [0.29, 0.717) is 6.42 Å². The van der Waals surface area contributed by atoms with E-state index in [1.54, 1.807) is 6.07 Å². The molecule has 0 radical (unpaired) electrons. The molecule has 6 heteroatoms. The first-order chi connectivity index (χ1) is 11.2. The monoisotopic (exact) mass is 337 g/mol. The number of amides is 1. The number of hydrogen-bond donors (Lipinski definition) is 2. The van der Waals surface area contributed by atoms with Gasteiger partial charge in [0.2, 0.25) is 0 Å². The smallest absolute Gasteiger partial charge is 0.407 e. The number of nitrogens with one attached hydrogen (secondary N) is 2. The van der Waals surface area contributed by atoms with Crippen LogP contribution in [0.25, 0.3) is 0 Å². The normalized spacial score (nSPS) is 19.1. The highest BCUT2D eigenvalue weighted by Crippen LogP contribution is 2.26. The molecular weight excluding hydrogens is 309 g/mol. The Labute approximate surface area is 143 Å². The predicted molar refractivity (Wildman–Crippen MR) is 91.3 cm³/mol. The number of ether oxygens (including phenoxy) is 1. The van der Waals surface area contributed by atoms with Crippen molar-refractivity contribution in [3.8, 4) is 0 Å². The van der Waals surface area contributed by atoms with E-state index in [1.807, 2.05) is 27.7 Å². The van der Waals surface area contributed by atoms with Gasteiger partial charge in [-0.3, -0.25) is 4.98 Å². The quantitative estimate of drug-likeness (QED) is 0.863. The van der Waals surface area contributed by atoms with Crippen molar-refractivity contribution < 1.29 is 13.9 Å². The number of halogens is 1. The molecule has 0 bridgehead atoms. The van der Waals surface area contributed by atoms with Crippen LogP contribution in [0, 0.1) is 5.82 Å². The molecule has 0 unspecified atom stereocenters. The molecule has 2 atom stereocenters. The third kappa shape index (κ3) is 5.74. The Bertz CT molecular complexity index is 566. The van der Waals surface area contributed by atoms with Gasteiger partial charge in [-0.15, -0.1) is 0 Å². The van der Waals surface area contributed by atoms with Gasteiger partial charge in [0.05, 0.1) is 6.20 Å². The molecule has 1 aromatic heterocycles.